The van der Waals surface area contributed by atoms with Crippen LogP contribution in [-0.2, 0) is 17.6 Å². The van der Waals surface area contributed by atoms with E-state index in [0.29, 0.717) is 0 Å². The lowest BCUT2D eigenvalue weighted by atomic mass is 10.1. The van der Waals surface area contributed by atoms with Gasteiger partial charge in [-0.3, -0.25) is 4.79 Å². The van der Waals surface area contributed by atoms with E-state index < -0.39 is 0 Å². The molecule has 1 aliphatic rings. The Labute approximate surface area is 102 Å². The third-order valence-electron chi connectivity index (χ3n) is 2.92. The predicted molar refractivity (Wildman–Crippen MR) is 71.1 cm³/mol. The highest BCUT2D eigenvalue weighted by Crippen LogP contribution is 2.24. The van der Waals surface area contributed by atoms with Gasteiger partial charge in [0.05, 0.1) is 0 Å². The minimum absolute atomic E-state index is 0.0824. The Hall–Kier alpha value is -1.83. The van der Waals surface area contributed by atoms with E-state index in [1.165, 1.54) is 30.0 Å². The summed E-state index contributed by atoms with van der Waals surface area (Å²) in [6, 6.07) is 6.18. The summed E-state index contributed by atoms with van der Waals surface area (Å²) < 4.78 is 0. The van der Waals surface area contributed by atoms with Crippen molar-refractivity contribution in [3.8, 4) is 0 Å². The number of benzene rings is 1. The molecule has 0 aliphatic heterocycles. The van der Waals surface area contributed by atoms with Gasteiger partial charge in [-0.2, -0.15) is 0 Å². The second-order valence-corrected chi connectivity index (χ2v) is 4.21. The Bertz CT molecular complexity index is 472. The molecule has 0 aromatic heterocycles. The molecule has 1 amide bonds. The van der Waals surface area contributed by atoms with Gasteiger partial charge in [0.1, 0.15) is 0 Å². The number of amides is 1. The smallest absolute Gasteiger partial charge is 0.248 e. The van der Waals surface area contributed by atoms with Crippen LogP contribution >= 0.6 is 0 Å². The van der Waals surface area contributed by atoms with Crippen molar-refractivity contribution in [3.05, 3.63) is 53.6 Å². The van der Waals surface area contributed by atoms with Crippen LogP contribution in [0.4, 0.5) is 5.69 Å². The summed E-state index contributed by atoms with van der Waals surface area (Å²) in [4.78, 5) is 11.6. The van der Waals surface area contributed by atoms with Crippen LogP contribution < -0.4 is 5.32 Å². The average Bonchev–Trinajstić information content (AvgIpc) is 2.76. The molecule has 0 bridgehead atoms. The second-order valence-electron chi connectivity index (χ2n) is 4.21. The fourth-order valence-electron chi connectivity index (χ4n) is 2.09. The number of hydrogen-bond donors (Lipinski definition) is 1. The van der Waals surface area contributed by atoms with E-state index >= 15 is 0 Å². The van der Waals surface area contributed by atoms with Crippen LogP contribution in [-0.4, -0.2) is 5.91 Å². The highest BCUT2D eigenvalue weighted by Gasteiger charge is 2.10. The molecule has 1 aromatic rings. The Morgan fingerprint density at radius 3 is 2.88 bits per heavy atom. The molecule has 2 rings (SSSR count). The van der Waals surface area contributed by atoms with Crippen LogP contribution in [0.1, 0.15) is 24.5 Å². The third kappa shape index (κ3) is 3.06. The van der Waals surface area contributed by atoms with Crippen LogP contribution in [0.5, 0.6) is 0 Å². The molecule has 0 spiro atoms. The monoisotopic (exact) mass is 227 g/mol. The summed E-state index contributed by atoms with van der Waals surface area (Å²) in [6.45, 7) is 1.92. The SMILES string of the molecule is C/C=C/C=C\C(=O)Nc1ccc2c(c1)CCC2. The van der Waals surface area contributed by atoms with Crippen LogP contribution in [0, 0.1) is 0 Å². The Morgan fingerprint density at radius 2 is 2.06 bits per heavy atom. The number of anilines is 1. The first-order chi connectivity index (χ1) is 8.29. The van der Waals surface area contributed by atoms with Crippen molar-refractivity contribution in [2.75, 3.05) is 5.32 Å². The molecule has 1 N–H and O–H groups in total. The van der Waals surface area contributed by atoms with E-state index in [2.05, 4.69) is 17.4 Å². The summed E-state index contributed by atoms with van der Waals surface area (Å²) >= 11 is 0. The lowest BCUT2D eigenvalue weighted by Crippen LogP contribution is -2.07. The van der Waals surface area contributed by atoms with Gasteiger partial charge in [-0.1, -0.05) is 24.3 Å². The van der Waals surface area contributed by atoms with E-state index in [1.807, 2.05) is 25.1 Å². The van der Waals surface area contributed by atoms with Crippen molar-refractivity contribution in [2.24, 2.45) is 0 Å². The number of allylic oxidation sites excluding steroid dienone is 3. The quantitative estimate of drug-likeness (QED) is 0.623. The van der Waals surface area contributed by atoms with Gasteiger partial charge in [0, 0.05) is 11.8 Å². The van der Waals surface area contributed by atoms with Crippen LogP contribution in [0.2, 0.25) is 0 Å². The zero-order chi connectivity index (χ0) is 12.1. The number of nitrogens with one attached hydrogen (secondary N) is 1. The average molecular weight is 227 g/mol. The molecule has 1 aromatic carbocycles. The van der Waals surface area contributed by atoms with Gasteiger partial charge in [0.2, 0.25) is 5.91 Å². The molecule has 0 unspecified atom stereocenters. The lowest BCUT2D eigenvalue weighted by Gasteiger charge is -2.05. The maximum Gasteiger partial charge on any atom is 0.248 e. The van der Waals surface area contributed by atoms with E-state index in [-0.39, 0.29) is 5.91 Å². The maximum atomic E-state index is 11.6. The van der Waals surface area contributed by atoms with Crippen LogP contribution in [0.25, 0.3) is 0 Å². The van der Waals surface area contributed by atoms with E-state index in [9.17, 15) is 4.79 Å². The second kappa shape index (κ2) is 5.48. The van der Waals surface area contributed by atoms with Gasteiger partial charge in [0.15, 0.2) is 0 Å². The van der Waals surface area contributed by atoms with Crippen molar-refractivity contribution in [1.29, 1.82) is 0 Å². The number of carbonyl (C=O) groups is 1. The highest BCUT2D eigenvalue weighted by atomic mass is 16.1. The molecule has 0 fully saturated rings. The molecular weight excluding hydrogens is 210 g/mol. The summed E-state index contributed by atoms with van der Waals surface area (Å²) in [5.41, 5.74) is 3.69. The lowest BCUT2D eigenvalue weighted by molar-refractivity contribution is -0.111. The summed E-state index contributed by atoms with van der Waals surface area (Å²) in [6.07, 6.45) is 10.5. The molecule has 0 saturated carbocycles. The van der Waals surface area contributed by atoms with Crippen molar-refractivity contribution in [3.63, 3.8) is 0 Å². The number of carbonyl (C=O) groups excluding carboxylic acids is 1. The van der Waals surface area contributed by atoms with Gasteiger partial charge >= 0.3 is 0 Å². The Kier molecular flexibility index (Phi) is 3.76. The number of aryl methyl sites for hydroxylation is 2. The van der Waals surface area contributed by atoms with Gasteiger partial charge < -0.3 is 5.32 Å². The van der Waals surface area contributed by atoms with Gasteiger partial charge in [0.25, 0.3) is 0 Å². The Morgan fingerprint density at radius 1 is 1.24 bits per heavy atom. The molecule has 2 heteroatoms. The largest absolute Gasteiger partial charge is 0.323 e. The van der Waals surface area contributed by atoms with Crippen molar-refractivity contribution < 1.29 is 4.79 Å². The van der Waals surface area contributed by atoms with Crippen LogP contribution in [0.15, 0.2) is 42.5 Å². The predicted octanol–water partition coefficient (Wildman–Crippen LogP) is 3.25. The first-order valence-corrected chi connectivity index (χ1v) is 6.02. The van der Waals surface area contributed by atoms with E-state index in [1.54, 1.807) is 6.08 Å². The third-order valence-corrected chi connectivity index (χ3v) is 2.92. The van der Waals surface area contributed by atoms with E-state index in [4.69, 9.17) is 0 Å². The molecule has 88 valence electrons. The molecule has 0 atom stereocenters. The summed E-state index contributed by atoms with van der Waals surface area (Å²) in [5.74, 6) is -0.0824. The normalized spacial score (nSPS) is 14.4. The summed E-state index contributed by atoms with van der Waals surface area (Å²) in [7, 11) is 0. The maximum absolute atomic E-state index is 11.6. The van der Waals surface area contributed by atoms with E-state index in [0.717, 1.165) is 12.1 Å². The van der Waals surface area contributed by atoms with Crippen molar-refractivity contribution in [1.82, 2.24) is 0 Å². The Balaban J connectivity index is 2.01. The van der Waals surface area contributed by atoms with Crippen molar-refractivity contribution >= 4 is 11.6 Å². The molecule has 1 aliphatic carbocycles. The topological polar surface area (TPSA) is 29.1 Å². The molecule has 0 radical (unpaired) electrons. The highest BCUT2D eigenvalue weighted by molar-refractivity contribution is 5.99. The van der Waals surface area contributed by atoms with Crippen LogP contribution in [0.3, 0.4) is 0 Å². The van der Waals surface area contributed by atoms with Gasteiger partial charge in [-0.15, -0.1) is 0 Å². The van der Waals surface area contributed by atoms with Gasteiger partial charge in [-0.25, -0.2) is 0 Å². The standard InChI is InChI=1S/C15H17NO/c1-2-3-4-8-15(17)16-14-10-9-12-6-5-7-13(12)11-14/h2-4,8-11H,5-7H2,1H3,(H,16,17)/b3-2+,8-4-. The molecule has 0 heterocycles. The molecule has 17 heavy (non-hydrogen) atoms. The molecule has 0 saturated heterocycles. The first kappa shape index (κ1) is 11.6. The summed E-state index contributed by atoms with van der Waals surface area (Å²) in [5, 5.41) is 2.87. The van der Waals surface area contributed by atoms with Gasteiger partial charge in [-0.05, 0) is 49.4 Å². The minimum Gasteiger partial charge on any atom is -0.323 e. The minimum atomic E-state index is -0.0824. The fraction of sp³-hybridized carbons (Fsp3) is 0.267. The zero-order valence-corrected chi connectivity index (χ0v) is 10.1. The fourth-order valence-corrected chi connectivity index (χ4v) is 2.09. The molecule has 2 nitrogen and oxygen atoms in total. The first-order valence-electron chi connectivity index (χ1n) is 6.02. The number of hydrogen-bond acceptors (Lipinski definition) is 1. The number of rotatable bonds is 3. The number of fused-ring (bicyclic) bond motifs is 1. The zero-order valence-electron chi connectivity index (χ0n) is 10.1. The van der Waals surface area contributed by atoms with Crippen molar-refractivity contribution in [2.45, 2.75) is 26.2 Å². The molecular formula is C15H17NO.